The number of benzene rings is 2. The lowest BCUT2D eigenvalue weighted by Gasteiger charge is -2.12. The van der Waals surface area contributed by atoms with Crippen molar-refractivity contribution < 1.29 is 22.7 Å². The van der Waals surface area contributed by atoms with Gasteiger partial charge in [-0.3, -0.25) is 4.79 Å². The fraction of sp³-hybridized carbons (Fsp3) is 0.235. The largest absolute Gasteiger partial charge is 0.493 e. The topological polar surface area (TPSA) is 81.7 Å². The molecule has 24 heavy (non-hydrogen) atoms. The van der Waals surface area contributed by atoms with E-state index in [2.05, 4.69) is 5.32 Å². The molecule has 2 aromatic rings. The van der Waals surface area contributed by atoms with Crippen molar-refractivity contribution in [2.24, 2.45) is 0 Å². The van der Waals surface area contributed by atoms with Crippen LogP contribution in [-0.4, -0.2) is 40.8 Å². The van der Waals surface area contributed by atoms with E-state index in [1.165, 1.54) is 26.4 Å². The molecule has 1 N–H and O–H groups in total. The first-order valence-corrected chi connectivity index (χ1v) is 8.92. The van der Waals surface area contributed by atoms with Gasteiger partial charge in [0.15, 0.2) is 21.3 Å². The Hall–Kier alpha value is -2.54. The summed E-state index contributed by atoms with van der Waals surface area (Å²) in [5.74, 6) is 0.133. The molecule has 6 nitrogen and oxygen atoms in total. The van der Waals surface area contributed by atoms with E-state index in [9.17, 15) is 13.2 Å². The summed E-state index contributed by atoms with van der Waals surface area (Å²) >= 11 is 0. The molecule has 0 bridgehead atoms. The van der Waals surface area contributed by atoms with E-state index in [4.69, 9.17) is 9.47 Å². The summed E-state index contributed by atoms with van der Waals surface area (Å²) in [6.07, 6.45) is 0. The van der Waals surface area contributed by atoms with Crippen LogP contribution in [0.5, 0.6) is 11.5 Å². The average molecular weight is 349 g/mol. The maximum Gasteiger partial charge on any atom is 0.255 e. The van der Waals surface area contributed by atoms with Gasteiger partial charge in [0.05, 0.1) is 30.4 Å². The molecule has 0 saturated carbocycles. The quantitative estimate of drug-likeness (QED) is 0.826. The van der Waals surface area contributed by atoms with Crippen LogP contribution in [0.1, 0.15) is 10.4 Å². The fourth-order valence-electron chi connectivity index (χ4n) is 2.21. The first kappa shape index (κ1) is 17.8. The first-order valence-electron chi connectivity index (χ1n) is 7.26. The number of sulfone groups is 1. The zero-order valence-corrected chi connectivity index (χ0v) is 14.3. The summed E-state index contributed by atoms with van der Waals surface area (Å²) < 4.78 is 34.7. The molecule has 0 heterocycles. The van der Waals surface area contributed by atoms with Crippen molar-refractivity contribution in [2.75, 3.05) is 26.5 Å². The molecule has 0 atom stereocenters. The van der Waals surface area contributed by atoms with Crippen molar-refractivity contribution in [3.8, 4) is 11.5 Å². The predicted octanol–water partition coefficient (Wildman–Crippen LogP) is 1.91. The molecule has 0 unspecified atom stereocenters. The summed E-state index contributed by atoms with van der Waals surface area (Å²) in [5.41, 5.74) is 0.286. The summed E-state index contributed by atoms with van der Waals surface area (Å²) in [7, 11) is -0.520. The number of hydrogen-bond donors (Lipinski definition) is 1. The lowest BCUT2D eigenvalue weighted by atomic mass is 10.1. The Kier molecular flexibility index (Phi) is 5.81. The van der Waals surface area contributed by atoms with Crippen LogP contribution >= 0.6 is 0 Å². The van der Waals surface area contributed by atoms with E-state index in [1.807, 2.05) is 0 Å². The Balaban J connectivity index is 2.04. The second kappa shape index (κ2) is 7.83. The monoisotopic (exact) mass is 349 g/mol. The maximum absolute atomic E-state index is 12.3. The van der Waals surface area contributed by atoms with E-state index in [0.717, 1.165) is 0 Å². The highest BCUT2D eigenvalue weighted by atomic mass is 32.2. The number of rotatable bonds is 7. The SMILES string of the molecule is COc1cccc(C(=O)NCCS(=O)(=O)c2ccccc2)c1OC. The van der Waals surface area contributed by atoms with Gasteiger partial charge in [-0.1, -0.05) is 24.3 Å². The molecule has 1 amide bonds. The number of methoxy groups -OCH3 is 2. The van der Waals surface area contributed by atoms with Crippen LogP contribution in [0.4, 0.5) is 0 Å². The van der Waals surface area contributed by atoms with E-state index in [-0.39, 0.29) is 22.8 Å². The Morgan fingerprint density at radius 1 is 1.00 bits per heavy atom. The maximum atomic E-state index is 12.3. The number of ether oxygens (including phenoxy) is 2. The Labute approximate surface area is 141 Å². The first-order chi connectivity index (χ1) is 11.5. The summed E-state index contributed by atoms with van der Waals surface area (Å²) in [5, 5.41) is 2.60. The second-order valence-electron chi connectivity index (χ2n) is 4.93. The van der Waals surface area contributed by atoms with Gasteiger partial charge in [0.2, 0.25) is 0 Å². The number of para-hydroxylation sites is 1. The number of carbonyl (C=O) groups is 1. The van der Waals surface area contributed by atoms with E-state index < -0.39 is 15.7 Å². The van der Waals surface area contributed by atoms with Crippen LogP contribution < -0.4 is 14.8 Å². The van der Waals surface area contributed by atoms with Crippen LogP contribution in [0.15, 0.2) is 53.4 Å². The Bertz CT molecular complexity index is 803. The van der Waals surface area contributed by atoms with Gasteiger partial charge in [0, 0.05) is 6.54 Å². The number of hydrogen-bond acceptors (Lipinski definition) is 5. The number of carbonyl (C=O) groups excluding carboxylic acids is 1. The Morgan fingerprint density at radius 2 is 1.71 bits per heavy atom. The Morgan fingerprint density at radius 3 is 2.33 bits per heavy atom. The van der Waals surface area contributed by atoms with Gasteiger partial charge in [-0.25, -0.2) is 8.42 Å². The van der Waals surface area contributed by atoms with Crippen LogP contribution in [0.3, 0.4) is 0 Å². The zero-order chi connectivity index (χ0) is 17.6. The van der Waals surface area contributed by atoms with Crippen LogP contribution in [0.25, 0.3) is 0 Å². The molecule has 0 aliphatic rings. The molecular formula is C17H19NO5S. The number of nitrogens with one attached hydrogen (secondary N) is 1. The van der Waals surface area contributed by atoms with Crippen LogP contribution in [0.2, 0.25) is 0 Å². The molecule has 0 aliphatic heterocycles. The van der Waals surface area contributed by atoms with Gasteiger partial charge in [-0.2, -0.15) is 0 Å². The second-order valence-corrected chi connectivity index (χ2v) is 7.04. The predicted molar refractivity (Wildman–Crippen MR) is 90.4 cm³/mol. The van der Waals surface area contributed by atoms with E-state index >= 15 is 0 Å². The van der Waals surface area contributed by atoms with E-state index in [0.29, 0.717) is 11.5 Å². The molecular weight excluding hydrogens is 330 g/mol. The van der Waals surface area contributed by atoms with Gasteiger partial charge < -0.3 is 14.8 Å². The lowest BCUT2D eigenvalue weighted by molar-refractivity contribution is 0.0952. The minimum atomic E-state index is -3.44. The van der Waals surface area contributed by atoms with Gasteiger partial charge in [-0.15, -0.1) is 0 Å². The minimum absolute atomic E-state index is 0.00355. The van der Waals surface area contributed by atoms with Gasteiger partial charge in [-0.05, 0) is 24.3 Å². The fourth-order valence-corrected chi connectivity index (χ4v) is 3.38. The smallest absolute Gasteiger partial charge is 0.255 e. The van der Waals surface area contributed by atoms with Crippen LogP contribution in [0, 0.1) is 0 Å². The van der Waals surface area contributed by atoms with Crippen molar-refractivity contribution in [2.45, 2.75) is 4.90 Å². The zero-order valence-electron chi connectivity index (χ0n) is 13.5. The molecule has 0 spiro atoms. The van der Waals surface area contributed by atoms with Crippen molar-refractivity contribution in [3.63, 3.8) is 0 Å². The molecule has 2 rings (SSSR count). The normalized spacial score (nSPS) is 10.9. The molecule has 0 aliphatic carbocycles. The molecule has 128 valence electrons. The highest BCUT2D eigenvalue weighted by molar-refractivity contribution is 7.91. The number of amides is 1. The van der Waals surface area contributed by atoms with E-state index in [1.54, 1.807) is 36.4 Å². The molecule has 0 radical (unpaired) electrons. The molecule has 2 aromatic carbocycles. The molecule has 0 aromatic heterocycles. The van der Waals surface area contributed by atoms with Crippen LogP contribution in [-0.2, 0) is 9.84 Å². The third kappa shape index (κ3) is 4.05. The summed E-state index contributed by atoms with van der Waals surface area (Å²) in [6, 6.07) is 13.0. The standard InChI is InChI=1S/C17H19NO5S/c1-22-15-10-6-9-14(16(15)23-2)17(19)18-11-12-24(20,21)13-7-4-3-5-8-13/h3-10H,11-12H2,1-2H3,(H,18,19). The van der Waals surface area contributed by atoms with Crippen molar-refractivity contribution >= 4 is 15.7 Å². The third-order valence-electron chi connectivity index (χ3n) is 3.41. The van der Waals surface area contributed by atoms with Gasteiger partial charge in [0.1, 0.15) is 0 Å². The van der Waals surface area contributed by atoms with Gasteiger partial charge >= 0.3 is 0 Å². The summed E-state index contributed by atoms with van der Waals surface area (Å²) in [6.45, 7) is -0.00355. The molecule has 0 saturated heterocycles. The van der Waals surface area contributed by atoms with Crippen molar-refractivity contribution in [1.82, 2.24) is 5.32 Å². The highest BCUT2D eigenvalue weighted by Gasteiger charge is 2.18. The third-order valence-corrected chi connectivity index (χ3v) is 5.14. The molecule has 0 fully saturated rings. The minimum Gasteiger partial charge on any atom is -0.493 e. The van der Waals surface area contributed by atoms with Crippen molar-refractivity contribution in [3.05, 3.63) is 54.1 Å². The highest BCUT2D eigenvalue weighted by Crippen LogP contribution is 2.30. The van der Waals surface area contributed by atoms with Crippen molar-refractivity contribution in [1.29, 1.82) is 0 Å². The molecule has 7 heteroatoms. The average Bonchev–Trinajstić information content (AvgIpc) is 2.61. The van der Waals surface area contributed by atoms with Gasteiger partial charge in [0.25, 0.3) is 5.91 Å². The summed E-state index contributed by atoms with van der Waals surface area (Å²) in [4.78, 5) is 12.5. The lowest BCUT2D eigenvalue weighted by Crippen LogP contribution is -2.29.